The zero-order chi connectivity index (χ0) is 13.9. The molecule has 0 aliphatic carbocycles. The van der Waals surface area contributed by atoms with Crippen LogP contribution in [0.25, 0.3) is 10.9 Å². The molecule has 1 unspecified atom stereocenters. The Morgan fingerprint density at radius 3 is 2.95 bits per heavy atom. The second-order valence-corrected chi connectivity index (χ2v) is 6.32. The summed E-state index contributed by atoms with van der Waals surface area (Å²) in [6.45, 7) is 2.94. The normalized spacial score (nSPS) is 12.7. The maximum absolute atomic E-state index is 5.98. The van der Waals surface area contributed by atoms with Crippen molar-refractivity contribution in [2.45, 2.75) is 19.5 Å². The molecule has 0 aliphatic heterocycles. The average molecular weight is 303 g/mol. The van der Waals surface area contributed by atoms with Crippen molar-refractivity contribution in [2.24, 2.45) is 0 Å². The van der Waals surface area contributed by atoms with Crippen molar-refractivity contribution in [2.75, 3.05) is 0 Å². The zero-order valence-corrected chi connectivity index (χ0v) is 12.7. The number of aromatic nitrogens is 1. The van der Waals surface area contributed by atoms with Crippen LogP contribution in [0.5, 0.6) is 0 Å². The van der Waals surface area contributed by atoms with Crippen LogP contribution < -0.4 is 5.32 Å². The molecule has 0 saturated heterocycles. The number of fused-ring (bicyclic) bond motifs is 1. The molecule has 3 aromatic rings. The van der Waals surface area contributed by atoms with Crippen LogP contribution in [0.3, 0.4) is 0 Å². The third-order valence-corrected chi connectivity index (χ3v) is 4.51. The number of pyridine rings is 1. The Morgan fingerprint density at radius 1 is 1.30 bits per heavy atom. The van der Waals surface area contributed by atoms with Gasteiger partial charge in [-0.05, 0) is 35.6 Å². The summed E-state index contributed by atoms with van der Waals surface area (Å²) in [4.78, 5) is 4.48. The van der Waals surface area contributed by atoms with Crippen molar-refractivity contribution in [3.05, 3.63) is 63.4 Å². The molecular formula is C16H15ClN2S. The van der Waals surface area contributed by atoms with Crippen LogP contribution in [0.15, 0.2) is 48.0 Å². The maximum Gasteiger partial charge on any atom is 0.0931 e. The summed E-state index contributed by atoms with van der Waals surface area (Å²) in [6, 6.07) is 12.6. The Kier molecular flexibility index (Phi) is 4.01. The van der Waals surface area contributed by atoms with Gasteiger partial charge in [-0.15, -0.1) is 11.3 Å². The first-order valence-electron chi connectivity index (χ1n) is 6.54. The van der Waals surface area contributed by atoms with E-state index in [1.807, 2.05) is 18.3 Å². The van der Waals surface area contributed by atoms with Gasteiger partial charge in [-0.2, -0.15) is 0 Å². The SMILES string of the molecule is CC(NCc1cccc2cccnc12)c1csc(Cl)c1. The molecule has 0 bridgehead atoms. The van der Waals surface area contributed by atoms with Crippen LogP contribution in [0.2, 0.25) is 4.34 Å². The molecule has 0 amide bonds. The second-order valence-electron chi connectivity index (χ2n) is 4.78. The molecule has 0 saturated carbocycles. The Morgan fingerprint density at radius 2 is 2.15 bits per heavy atom. The summed E-state index contributed by atoms with van der Waals surface area (Å²) in [7, 11) is 0. The van der Waals surface area contributed by atoms with Crippen LogP contribution in [0.4, 0.5) is 0 Å². The predicted octanol–water partition coefficient (Wildman–Crippen LogP) is 4.80. The molecule has 2 heterocycles. The second kappa shape index (κ2) is 5.92. The van der Waals surface area contributed by atoms with Crippen LogP contribution in [0.1, 0.15) is 24.1 Å². The highest BCUT2D eigenvalue weighted by Crippen LogP contribution is 2.25. The number of hydrogen-bond donors (Lipinski definition) is 1. The molecule has 2 nitrogen and oxygen atoms in total. The largest absolute Gasteiger partial charge is 0.306 e. The van der Waals surface area contributed by atoms with E-state index in [0.717, 1.165) is 16.4 Å². The Balaban J connectivity index is 1.77. The highest BCUT2D eigenvalue weighted by molar-refractivity contribution is 7.14. The van der Waals surface area contributed by atoms with Crippen molar-refractivity contribution in [1.82, 2.24) is 10.3 Å². The Hall–Kier alpha value is -1.42. The first-order chi connectivity index (χ1) is 9.74. The van der Waals surface area contributed by atoms with Crippen LogP contribution in [-0.4, -0.2) is 4.98 Å². The molecule has 1 N–H and O–H groups in total. The van der Waals surface area contributed by atoms with Crippen molar-refractivity contribution < 1.29 is 0 Å². The molecule has 1 atom stereocenters. The fraction of sp³-hybridized carbons (Fsp3) is 0.188. The molecular weight excluding hydrogens is 288 g/mol. The average Bonchev–Trinajstić information content (AvgIpc) is 2.91. The molecule has 2 aromatic heterocycles. The van der Waals surface area contributed by atoms with Gasteiger partial charge in [0.05, 0.1) is 9.85 Å². The number of halogens is 1. The summed E-state index contributed by atoms with van der Waals surface area (Å²) in [5, 5.41) is 6.81. The fourth-order valence-electron chi connectivity index (χ4n) is 2.24. The molecule has 0 fully saturated rings. The third kappa shape index (κ3) is 2.85. The van der Waals surface area contributed by atoms with Gasteiger partial charge in [0.15, 0.2) is 0 Å². The van der Waals surface area contributed by atoms with E-state index in [1.54, 1.807) is 11.3 Å². The summed E-state index contributed by atoms with van der Waals surface area (Å²) < 4.78 is 0.834. The first kappa shape index (κ1) is 13.6. The number of nitrogens with zero attached hydrogens (tertiary/aromatic N) is 1. The minimum atomic E-state index is 0.276. The number of thiophene rings is 1. The zero-order valence-electron chi connectivity index (χ0n) is 11.1. The van der Waals surface area contributed by atoms with E-state index in [4.69, 9.17) is 11.6 Å². The summed E-state index contributed by atoms with van der Waals surface area (Å²) in [6.07, 6.45) is 1.84. The maximum atomic E-state index is 5.98. The number of benzene rings is 1. The van der Waals surface area contributed by atoms with Gasteiger partial charge in [0.25, 0.3) is 0 Å². The molecule has 1 aromatic carbocycles. The number of rotatable bonds is 4. The summed E-state index contributed by atoms with van der Waals surface area (Å²) in [5.74, 6) is 0. The van der Waals surface area contributed by atoms with Crippen LogP contribution in [0, 0.1) is 0 Å². The minimum absolute atomic E-state index is 0.276. The fourth-order valence-corrected chi connectivity index (χ4v) is 3.23. The Bertz CT molecular complexity index is 718. The summed E-state index contributed by atoms with van der Waals surface area (Å²) >= 11 is 7.55. The highest BCUT2D eigenvalue weighted by Gasteiger charge is 2.08. The molecule has 0 spiro atoms. The molecule has 3 rings (SSSR count). The number of nitrogens with one attached hydrogen (secondary N) is 1. The number of hydrogen-bond acceptors (Lipinski definition) is 3. The van der Waals surface area contributed by atoms with Gasteiger partial charge in [0.2, 0.25) is 0 Å². The highest BCUT2D eigenvalue weighted by atomic mass is 35.5. The third-order valence-electron chi connectivity index (χ3n) is 3.40. The van der Waals surface area contributed by atoms with Crippen LogP contribution in [-0.2, 0) is 6.54 Å². The van der Waals surface area contributed by atoms with E-state index >= 15 is 0 Å². The van der Waals surface area contributed by atoms with Crippen molar-refractivity contribution >= 4 is 33.8 Å². The lowest BCUT2D eigenvalue weighted by atomic mass is 10.1. The van der Waals surface area contributed by atoms with Crippen molar-refractivity contribution in [3.8, 4) is 0 Å². The van der Waals surface area contributed by atoms with E-state index in [9.17, 15) is 0 Å². The monoisotopic (exact) mass is 302 g/mol. The van der Waals surface area contributed by atoms with E-state index in [-0.39, 0.29) is 6.04 Å². The van der Waals surface area contributed by atoms with Gasteiger partial charge < -0.3 is 5.32 Å². The van der Waals surface area contributed by atoms with Gasteiger partial charge in [-0.3, -0.25) is 4.98 Å². The first-order valence-corrected chi connectivity index (χ1v) is 7.80. The van der Waals surface area contributed by atoms with Gasteiger partial charge in [0, 0.05) is 24.2 Å². The van der Waals surface area contributed by atoms with Gasteiger partial charge in [-0.25, -0.2) is 0 Å². The van der Waals surface area contributed by atoms with Crippen LogP contribution >= 0.6 is 22.9 Å². The quantitative estimate of drug-likeness (QED) is 0.749. The van der Waals surface area contributed by atoms with Gasteiger partial charge >= 0.3 is 0 Å². The van der Waals surface area contributed by atoms with Gasteiger partial charge in [0.1, 0.15) is 0 Å². The van der Waals surface area contributed by atoms with E-state index in [0.29, 0.717) is 0 Å². The van der Waals surface area contributed by atoms with Gasteiger partial charge in [-0.1, -0.05) is 35.9 Å². The number of para-hydroxylation sites is 1. The minimum Gasteiger partial charge on any atom is -0.306 e. The predicted molar refractivity (Wildman–Crippen MR) is 86.3 cm³/mol. The van der Waals surface area contributed by atoms with Crippen molar-refractivity contribution in [3.63, 3.8) is 0 Å². The lowest BCUT2D eigenvalue weighted by Gasteiger charge is -2.13. The molecule has 0 radical (unpaired) electrons. The van der Waals surface area contributed by atoms with E-state index < -0.39 is 0 Å². The van der Waals surface area contributed by atoms with Crippen molar-refractivity contribution in [1.29, 1.82) is 0 Å². The van der Waals surface area contributed by atoms with E-state index in [1.165, 1.54) is 16.5 Å². The van der Waals surface area contributed by atoms with E-state index in [2.05, 4.69) is 46.9 Å². The molecule has 20 heavy (non-hydrogen) atoms. The lowest BCUT2D eigenvalue weighted by Crippen LogP contribution is -2.17. The molecule has 0 aliphatic rings. The summed E-state index contributed by atoms with van der Waals surface area (Å²) in [5.41, 5.74) is 3.52. The molecule has 4 heteroatoms. The Labute approximate surface area is 127 Å². The lowest BCUT2D eigenvalue weighted by molar-refractivity contribution is 0.577. The topological polar surface area (TPSA) is 24.9 Å². The smallest absolute Gasteiger partial charge is 0.0931 e. The molecule has 102 valence electrons. The standard InChI is InChI=1S/C16H15ClN2S/c1-11(14-8-15(17)20-10-14)19-9-13-5-2-4-12-6-3-7-18-16(12)13/h2-8,10-11,19H,9H2,1H3.